The van der Waals surface area contributed by atoms with Gasteiger partial charge in [0.25, 0.3) is 0 Å². The average Bonchev–Trinajstić information content (AvgIpc) is 3.64. The summed E-state index contributed by atoms with van der Waals surface area (Å²) in [5.74, 6) is -4.73. The summed E-state index contributed by atoms with van der Waals surface area (Å²) in [5.41, 5.74) is -0.284. The summed E-state index contributed by atoms with van der Waals surface area (Å²) in [7, 11) is 0. The lowest BCUT2D eigenvalue weighted by Crippen LogP contribution is -2.23. The van der Waals surface area contributed by atoms with Gasteiger partial charge < -0.3 is 15.2 Å². The van der Waals surface area contributed by atoms with Crippen molar-refractivity contribution in [1.29, 1.82) is 0 Å². The van der Waals surface area contributed by atoms with Crippen LogP contribution in [0.3, 0.4) is 0 Å². The number of halogens is 5. The molecule has 11 heteroatoms. The number of aromatic carboxylic acids is 1. The molecule has 1 aromatic heterocycles. The van der Waals surface area contributed by atoms with E-state index >= 15 is 0 Å². The molecule has 0 spiro atoms. The number of aromatic nitrogens is 1. The van der Waals surface area contributed by atoms with Crippen molar-refractivity contribution in [3.63, 3.8) is 0 Å². The molecule has 1 heterocycles. The minimum Gasteiger partial charge on any atom is -0.478 e. The van der Waals surface area contributed by atoms with Crippen LogP contribution in [-0.2, 0) is 4.79 Å². The van der Waals surface area contributed by atoms with E-state index < -0.39 is 47.4 Å². The number of carbonyl (C=O) groups is 2. The van der Waals surface area contributed by atoms with Crippen molar-refractivity contribution >= 4 is 29.2 Å². The molecule has 2 aromatic carbocycles. The molecule has 1 fully saturated rings. The van der Waals surface area contributed by atoms with E-state index in [1.165, 1.54) is 24.4 Å². The van der Waals surface area contributed by atoms with Crippen LogP contribution in [0, 0.1) is 17.6 Å². The number of benzene rings is 2. The molecule has 1 atom stereocenters. The molecular formula is C25H19ClF4N2O4. The van der Waals surface area contributed by atoms with Gasteiger partial charge in [-0.2, -0.15) is 8.78 Å². The lowest BCUT2D eigenvalue weighted by atomic mass is 9.95. The minimum absolute atomic E-state index is 0.0784. The number of amides is 1. The molecule has 1 unspecified atom stereocenters. The maximum absolute atomic E-state index is 14.7. The van der Waals surface area contributed by atoms with Crippen molar-refractivity contribution in [2.24, 2.45) is 5.92 Å². The molecule has 0 aliphatic heterocycles. The van der Waals surface area contributed by atoms with Crippen LogP contribution in [0.25, 0.3) is 11.1 Å². The first kappa shape index (κ1) is 25.4. The first-order valence-electron chi connectivity index (χ1n) is 10.9. The second kappa shape index (κ2) is 10.5. The number of nitrogens with one attached hydrogen (secondary N) is 1. The Morgan fingerprint density at radius 3 is 2.47 bits per heavy atom. The second-order valence-corrected chi connectivity index (χ2v) is 8.71. The molecule has 0 saturated heterocycles. The molecule has 188 valence electrons. The van der Waals surface area contributed by atoms with E-state index in [1.807, 2.05) is 0 Å². The Kier molecular flexibility index (Phi) is 7.44. The molecular weight excluding hydrogens is 504 g/mol. The number of carboxylic acid groups (broad SMARTS) is 1. The number of rotatable bonds is 9. The number of hydrogen-bond donors (Lipinski definition) is 2. The molecule has 1 aliphatic carbocycles. The van der Waals surface area contributed by atoms with Gasteiger partial charge in [-0.25, -0.2) is 13.6 Å². The van der Waals surface area contributed by atoms with Crippen LogP contribution in [0.1, 0.15) is 41.2 Å². The number of carbonyl (C=O) groups excluding carboxylic acids is 1. The van der Waals surface area contributed by atoms with Gasteiger partial charge in [-0.1, -0.05) is 30.5 Å². The summed E-state index contributed by atoms with van der Waals surface area (Å²) >= 11 is 5.82. The van der Waals surface area contributed by atoms with E-state index in [0.29, 0.717) is 18.0 Å². The summed E-state index contributed by atoms with van der Waals surface area (Å²) in [4.78, 5) is 28.4. The van der Waals surface area contributed by atoms with Crippen LogP contribution in [0.5, 0.6) is 5.75 Å². The van der Waals surface area contributed by atoms with Crippen molar-refractivity contribution in [1.82, 2.24) is 4.98 Å². The highest BCUT2D eigenvalue weighted by Crippen LogP contribution is 2.40. The first-order chi connectivity index (χ1) is 17.1. The monoisotopic (exact) mass is 522 g/mol. The topological polar surface area (TPSA) is 88.5 Å². The number of anilines is 1. The maximum atomic E-state index is 14.7. The first-order valence-corrected chi connectivity index (χ1v) is 11.2. The Balaban J connectivity index is 1.61. The van der Waals surface area contributed by atoms with Crippen LogP contribution >= 0.6 is 11.6 Å². The van der Waals surface area contributed by atoms with E-state index in [2.05, 4.69) is 15.0 Å². The van der Waals surface area contributed by atoms with E-state index in [0.717, 1.165) is 37.1 Å². The predicted octanol–water partition coefficient (Wildman–Crippen LogP) is 6.50. The lowest BCUT2D eigenvalue weighted by molar-refractivity contribution is -0.117. The Bertz CT molecular complexity index is 1300. The zero-order chi connectivity index (χ0) is 26.0. The molecule has 1 aliphatic rings. The van der Waals surface area contributed by atoms with Crippen LogP contribution in [0.15, 0.2) is 48.7 Å². The SMILES string of the molecule is O=C(O)c1ccc(NC(=O)C(CC2CC2)c2ccc(-c3c(OC(F)F)ccc(Cl)c3F)cn2)cc1F. The molecule has 36 heavy (non-hydrogen) atoms. The van der Waals surface area contributed by atoms with Gasteiger partial charge in [-0.15, -0.1) is 0 Å². The van der Waals surface area contributed by atoms with Gasteiger partial charge in [0.15, 0.2) is 5.82 Å². The number of alkyl halides is 2. The Morgan fingerprint density at radius 1 is 1.14 bits per heavy atom. The molecule has 2 N–H and O–H groups in total. The van der Waals surface area contributed by atoms with Crippen LogP contribution in [0.2, 0.25) is 5.02 Å². The van der Waals surface area contributed by atoms with Gasteiger partial charge in [0, 0.05) is 17.4 Å². The fourth-order valence-electron chi connectivity index (χ4n) is 3.80. The molecule has 0 radical (unpaired) electrons. The summed E-state index contributed by atoms with van der Waals surface area (Å²) in [6.45, 7) is -3.18. The number of nitrogens with zero attached hydrogens (tertiary/aromatic N) is 1. The summed E-state index contributed by atoms with van der Waals surface area (Å²) in [6, 6.07) is 8.36. The van der Waals surface area contributed by atoms with Crippen LogP contribution in [-0.4, -0.2) is 28.6 Å². The summed E-state index contributed by atoms with van der Waals surface area (Å²) < 4.78 is 58.8. The number of pyridine rings is 1. The molecule has 1 amide bonds. The van der Waals surface area contributed by atoms with E-state index in [9.17, 15) is 27.2 Å². The smallest absolute Gasteiger partial charge is 0.387 e. The van der Waals surface area contributed by atoms with Crippen molar-refractivity contribution in [3.8, 4) is 16.9 Å². The van der Waals surface area contributed by atoms with Crippen LogP contribution < -0.4 is 10.1 Å². The Morgan fingerprint density at radius 2 is 1.89 bits per heavy atom. The van der Waals surface area contributed by atoms with Gasteiger partial charge in [0.1, 0.15) is 11.6 Å². The fraction of sp³-hybridized carbons (Fsp3) is 0.240. The fourth-order valence-corrected chi connectivity index (χ4v) is 3.96. The highest BCUT2D eigenvalue weighted by Gasteiger charge is 2.32. The van der Waals surface area contributed by atoms with Crippen molar-refractivity contribution < 1.29 is 37.0 Å². The van der Waals surface area contributed by atoms with Crippen molar-refractivity contribution in [2.45, 2.75) is 31.8 Å². The molecule has 3 aromatic rings. The largest absolute Gasteiger partial charge is 0.478 e. The third kappa shape index (κ3) is 5.76. The molecule has 1 saturated carbocycles. The standard InChI is InChI=1S/C25H19ClF4N2O4/c26-17-6-8-20(36-25(29)30)21(22(17)28)13-3-7-19(31-11-13)16(9-12-1-2-12)23(33)32-14-4-5-15(24(34)35)18(27)10-14/h3-8,10-12,16,25H,1-2,9H2,(H,32,33)(H,34,35). The third-order valence-electron chi connectivity index (χ3n) is 5.75. The zero-order valence-corrected chi connectivity index (χ0v) is 19.2. The normalized spacial score (nSPS) is 13.9. The molecule has 0 bridgehead atoms. The van der Waals surface area contributed by atoms with Gasteiger partial charge in [-0.3, -0.25) is 9.78 Å². The van der Waals surface area contributed by atoms with Crippen LogP contribution in [0.4, 0.5) is 23.2 Å². The van der Waals surface area contributed by atoms with Gasteiger partial charge >= 0.3 is 12.6 Å². The number of hydrogen-bond acceptors (Lipinski definition) is 4. The highest BCUT2D eigenvalue weighted by atomic mass is 35.5. The predicted molar refractivity (Wildman–Crippen MR) is 123 cm³/mol. The van der Waals surface area contributed by atoms with Crippen molar-refractivity contribution in [2.75, 3.05) is 5.32 Å². The highest BCUT2D eigenvalue weighted by molar-refractivity contribution is 6.31. The third-order valence-corrected chi connectivity index (χ3v) is 6.05. The quantitative estimate of drug-likeness (QED) is 0.313. The maximum Gasteiger partial charge on any atom is 0.387 e. The van der Waals surface area contributed by atoms with Gasteiger partial charge in [0.05, 0.1) is 27.8 Å². The Labute approximate surface area is 207 Å². The number of ether oxygens (including phenoxy) is 1. The van der Waals surface area contributed by atoms with Gasteiger partial charge in [0.2, 0.25) is 5.91 Å². The lowest BCUT2D eigenvalue weighted by Gasteiger charge is -2.18. The Hall–Kier alpha value is -3.66. The average molecular weight is 523 g/mol. The summed E-state index contributed by atoms with van der Waals surface area (Å²) in [6.07, 6.45) is 3.56. The second-order valence-electron chi connectivity index (χ2n) is 8.31. The van der Waals surface area contributed by atoms with Gasteiger partial charge in [-0.05, 0) is 48.7 Å². The minimum atomic E-state index is -3.18. The van der Waals surface area contributed by atoms with E-state index in [4.69, 9.17) is 16.7 Å². The van der Waals surface area contributed by atoms with Crippen molar-refractivity contribution in [3.05, 3.63) is 76.6 Å². The van der Waals surface area contributed by atoms with E-state index in [-0.39, 0.29) is 21.8 Å². The zero-order valence-electron chi connectivity index (χ0n) is 18.5. The summed E-state index contributed by atoms with van der Waals surface area (Å²) in [5, 5.41) is 11.3. The molecule has 4 rings (SSSR count). The number of carboxylic acids is 1. The molecule has 6 nitrogen and oxygen atoms in total. The van der Waals surface area contributed by atoms with E-state index in [1.54, 1.807) is 0 Å².